The van der Waals surface area contributed by atoms with Crippen LogP contribution in [0.4, 0.5) is 0 Å². The number of carbonyl (C=O) groups excluding carboxylic acids is 2. The Hall–Kier alpha value is -1.03. The molecule has 0 aromatic rings. The molecule has 26 heavy (non-hydrogen) atoms. The Morgan fingerprint density at radius 3 is 2.77 bits per heavy atom. The van der Waals surface area contributed by atoms with E-state index in [2.05, 4.69) is 19.2 Å². The Bertz CT molecular complexity index is 674. The molecule has 0 bridgehead atoms. The minimum atomic E-state index is -0.719. The lowest BCUT2D eigenvalue weighted by molar-refractivity contribution is -0.156. The van der Waals surface area contributed by atoms with Crippen LogP contribution in [0.3, 0.4) is 0 Å². The van der Waals surface area contributed by atoms with Crippen molar-refractivity contribution in [2.45, 2.75) is 65.7 Å². The number of allylic oxidation sites excluding steroid dienone is 2. The monoisotopic (exact) mass is 379 g/mol. The van der Waals surface area contributed by atoms with Gasteiger partial charge in [0.1, 0.15) is 5.92 Å². The van der Waals surface area contributed by atoms with Gasteiger partial charge in [-0.3, -0.25) is 9.59 Å². The van der Waals surface area contributed by atoms with Gasteiger partial charge >= 0.3 is 5.97 Å². The molecule has 6 atom stereocenters. The van der Waals surface area contributed by atoms with Crippen molar-refractivity contribution < 1.29 is 14.3 Å². The van der Waals surface area contributed by atoms with Crippen LogP contribution >= 0.6 is 11.6 Å². The Morgan fingerprint density at radius 1 is 1.27 bits per heavy atom. The van der Waals surface area contributed by atoms with E-state index in [-0.39, 0.29) is 11.3 Å². The average Bonchev–Trinajstić information content (AvgIpc) is 2.98. The highest BCUT2D eigenvalue weighted by Crippen LogP contribution is 2.65. The summed E-state index contributed by atoms with van der Waals surface area (Å²) < 4.78 is 5.18. The summed E-state index contributed by atoms with van der Waals surface area (Å²) in [6.45, 7) is 6.75. The van der Waals surface area contributed by atoms with E-state index in [1.807, 2.05) is 0 Å². The second-order valence-electron chi connectivity index (χ2n) is 9.36. The summed E-state index contributed by atoms with van der Waals surface area (Å²) in [5, 5.41) is 3.81. The number of esters is 1. The van der Waals surface area contributed by atoms with E-state index in [0.29, 0.717) is 36.2 Å². The lowest BCUT2D eigenvalue weighted by atomic mass is 9.49. The average molecular weight is 380 g/mol. The van der Waals surface area contributed by atoms with E-state index in [1.54, 1.807) is 6.92 Å². The second kappa shape index (κ2) is 6.25. The Kier molecular flexibility index (Phi) is 4.41. The van der Waals surface area contributed by atoms with Gasteiger partial charge in [0.25, 0.3) is 0 Å². The first-order valence-corrected chi connectivity index (χ1v) is 10.5. The first-order valence-electron chi connectivity index (χ1n) is 10.2. The third kappa shape index (κ3) is 2.55. The van der Waals surface area contributed by atoms with Gasteiger partial charge in [0.05, 0.1) is 6.61 Å². The molecule has 3 fully saturated rings. The zero-order valence-electron chi connectivity index (χ0n) is 16.1. The SMILES string of the molecule is CCOC(=O)C1C[C@@]2(C)C(=C(Cl)C[C@@H]3[C@H]2CC[C@]2(C)CCC[C@@H]32)NC1=O. The molecular formula is C21H30ClNO3. The van der Waals surface area contributed by atoms with Gasteiger partial charge in [0.15, 0.2) is 0 Å². The van der Waals surface area contributed by atoms with Crippen LogP contribution in [0.25, 0.3) is 0 Å². The van der Waals surface area contributed by atoms with Crippen molar-refractivity contribution in [1.29, 1.82) is 0 Å². The van der Waals surface area contributed by atoms with Gasteiger partial charge in [-0.2, -0.15) is 0 Å². The van der Waals surface area contributed by atoms with Crippen LogP contribution in [-0.2, 0) is 14.3 Å². The molecule has 2 saturated carbocycles. The predicted molar refractivity (Wildman–Crippen MR) is 100 cm³/mol. The van der Waals surface area contributed by atoms with E-state index in [9.17, 15) is 9.59 Å². The molecule has 0 radical (unpaired) electrons. The second-order valence-corrected chi connectivity index (χ2v) is 9.82. The number of amides is 1. The molecule has 1 aliphatic heterocycles. The number of hydrogen-bond donors (Lipinski definition) is 1. The molecule has 1 saturated heterocycles. The largest absolute Gasteiger partial charge is 0.465 e. The minimum Gasteiger partial charge on any atom is -0.465 e. The summed E-state index contributed by atoms with van der Waals surface area (Å²) in [5.41, 5.74) is 1.09. The molecular weight excluding hydrogens is 350 g/mol. The summed E-state index contributed by atoms with van der Waals surface area (Å²) in [5.74, 6) is 0.388. The van der Waals surface area contributed by atoms with Crippen LogP contribution in [0.1, 0.15) is 65.7 Å². The van der Waals surface area contributed by atoms with Crippen LogP contribution < -0.4 is 5.32 Å². The number of nitrogens with one attached hydrogen (secondary N) is 1. The zero-order chi connectivity index (χ0) is 18.7. The Labute approximate surface area is 161 Å². The molecule has 0 spiro atoms. The van der Waals surface area contributed by atoms with Gasteiger partial charge in [0.2, 0.25) is 5.91 Å². The standard InChI is InChI=1S/C21H30ClNO3/c1-4-26-19(25)13-11-21(3)15-7-9-20(2)8-5-6-14(20)12(15)10-16(22)17(21)23-18(13)24/h12-15H,4-11H2,1-3H3,(H,23,24)/t12-,13?,14-,15+,20-,21+/m0/s1. The van der Waals surface area contributed by atoms with Crippen LogP contribution in [-0.4, -0.2) is 18.5 Å². The molecule has 0 aromatic carbocycles. The summed E-state index contributed by atoms with van der Waals surface area (Å²) in [6.07, 6.45) is 7.74. The molecule has 4 rings (SSSR count). The number of ether oxygens (including phenoxy) is 1. The van der Waals surface area contributed by atoms with Crippen molar-refractivity contribution in [2.24, 2.45) is 34.5 Å². The van der Waals surface area contributed by atoms with Crippen LogP contribution in [0.15, 0.2) is 10.7 Å². The van der Waals surface area contributed by atoms with Crippen molar-refractivity contribution in [3.8, 4) is 0 Å². The summed E-state index contributed by atoms with van der Waals surface area (Å²) in [6, 6.07) is 0. The fourth-order valence-electron chi connectivity index (χ4n) is 6.78. The summed E-state index contributed by atoms with van der Waals surface area (Å²) >= 11 is 6.74. The number of rotatable bonds is 2. The maximum Gasteiger partial charge on any atom is 0.318 e. The van der Waals surface area contributed by atoms with Crippen molar-refractivity contribution >= 4 is 23.5 Å². The zero-order valence-corrected chi connectivity index (χ0v) is 16.8. The van der Waals surface area contributed by atoms with E-state index in [0.717, 1.165) is 23.6 Å². The van der Waals surface area contributed by atoms with E-state index in [1.165, 1.54) is 25.7 Å². The fourth-order valence-corrected chi connectivity index (χ4v) is 7.23. The first-order chi connectivity index (χ1) is 12.3. The maximum absolute atomic E-state index is 12.5. The fraction of sp³-hybridized carbons (Fsp3) is 0.810. The normalized spacial score (nSPS) is 44.7. The summed E-state index contributed by atoms with van der Waals surface area (Å²) in [7, 11) is 0. The van der Waals surface area contributed by atoms with Crippen LogP contribution in [0.5, 0.6) is 0 Å². The van der Waals surface area contributed by atoms with E-state index >= 15 is 0 Å². The highest BCUT2D eigenvalue weighted by molar-refractivity contribution is 6.30. The molecule has 4 nitrogen and oxygen atoms in total. The topological polar surface area (TPSA) is 55.4 Å². The van der Waals surface area contributed by atoms with Gasteiger partial charge in [-0.25, -0.2) is 0 Å². The summed E-state index contributed by atoms with van der Waals surface area (Å²) in [4.78, 5) is 24.9. The van der Waals surface area contributed by atoms with Gasteiger partial charge < -0.3 is 10.1 Å². The molecule has 3 aliphatic carbocycles. The predicted octanol–water partition coefficient (Wildman–Crippen LogP) is 4.38. The van der Waals surface area contributed by atoms with Gasteiger partial charge in [-0.1, -0.05) is 31.9 Å². The smallest absolute Gasteiger partial charge is 0.318 e. The van der Waals surface area contributed by atoms with E-state index < -0.39 is 11.9 Å². The Balaban J connectivity index is 1.69. The van der Waals surface area contributed by atoms with Crippen LogP contribution in [0.2, 0.25) is 0 Å². The number of fused-ring (bicyclic) bond motifs is 5. The van der Waals surface area contributed by atoms with Crippen molar-refractivity contribution in [2.75, 3.05) is 6.61 Å². The van der Waals surface area contributed by atoms with Gasteiger partial charge in [-0.05, 0) is 68.6 Å². The first kappa shape index (κ1) is 18.3. The molecule has 1 heterocycles. The molecule has 144 valence electrons. The van der Waals surface area contributed by atoms with Crippen molar-refractivity contribution in [3.63, 3.8) is 0 Å². The number of hydrogen-bond acceptors (Lipinski definition) is 3. The lowest BCUT2D eigenvalue weighted by Crippen LogP contribution is -2.56. The minimum absolute atomic E-state index is 0.241. The highest BCUT2D eigenvalue weighted by atomic mass is 35.5. The molecule has 1 N–H and O–H groups in total. The maximum atomic E-state index is 12.5. The number of piperidine rings is 1. The third-order valence-electron chi connectivity index (χ3n) is 8.06. The molecule has 1 amide bonds. The Morgan fingerprint density at radius 2 is 2.04 bits per heavy atom. The van der Waals surface area contributed by atoms with Gasteiger partial charge in [0, 0.05) is 16.1 Å². The molecule has 5 heteroatoms. The molecule has 0 aromatic heterocycles. The molecule has 4 aliphatic rings. The number of halogens is 1. The van der Waals surface area contributed by atoms with Crippen molar-refractivity contribution in [1.82, 2.24) is 5.32 Å². The molecule has 1 unspecified atom stereocenters. The van der Waals surface area contributed by atoms with Gasteiger partial charge in [-0.15, -0.1) is 0 Å². The quantitative estimate of drug-likeness (QED) is 0.572. The van der Waals surface area contributed by atoms with Crippen molar-refractivity contribution in [3.05, 3.63) is 10.7 Å². The lowest BCUT2D eigenvalue weighted by Gasteiger charge is -2.57. The highest BCUT2D eigenvalue weighted by Gasteiger charge is 2.59. The van der Waals surface area contributed by atoms with E-state index in [4.69, 9.17) is 16.3 Å². The number of carbonyl (C=O) groups is 2. The van der Waals surface area contributed by atoms with Crippen LogP contribution in [0, 0.1) is 34.5 Å². The third-order valence-corrected chi connectivity index (χ3v) is 8.40.